The number of hydrazone groups is 1. The standard InChI is InChI=1S/C27H22N2O2/c30-27(20-31-25-17-16-22-11-7-8-14-24(22)19-25)29-28-26(23-12-5-2-6-13-23)18-15-21-9-3-1-4-10-21/h1-19H,20H2,(H,29,30)/b18-15-,28-26+. The van der Waals surface area contributed by atoms with Crippen molar-refractivity contribution in [3.8, 4) is 5.75 Å². The molecule has 4 aromatic rings. The topological polar surface area (TPSA) is 50.7 Å². The summed E-state index contributed by atoms with van der Waals surface area (Å²) in [6.07, 6.45) is 3.85. The first-order valence-electron chi connectivity index (χ1n) is 10.0. The molecule has 152 valence electrons. The highest BCUT2D eigenvalue weighted by Crippen LogP contribution is 2.20. The molecule has 0 spiro atoms. The van der Waals surface area contributed by atoms with Gasteiger partial charge in [0.1, 0.15) is 5.75 Å². The molecule has 1 N–H and O–H groups in total. The number of nitrogens with one attached hydrogen (secondary N) is 1. The first-order chi connectivity index (χ1) is 15.3. The van der Waals surface area contributed by atoms with Gasteiger partial charge in [-0.2, -0.15) is 5.10 Å². The molecule has 4 rings (SSSR count). The van der Waals surface area contributed by atoms with Gasteiger partial charge in [0.15, 0.2) is 6.61 Å². The van der Waals surface area contributed by atoms with Crippen LogP contribution in [0.5, 0.6) is 5.75 Å². The number of carbonyl (C=O) groups is 1. The zero-order valence-electron chi connectivity index (χ0n) is 16.9. The maximum atomic E-state index is 12.3. The Balaban J connectivity index is 1.43. The summed E-state index contributed by atoms with van der Waals surface area (Å²) in [4.78, 5) is 12.3. The van der Waals surface area contributed by atoms with Gasteiger partial charge in [0.2, 0.25) is 0 Å². The van der Waals surface area contributed by atoms with Gasteiger partial charge in [-0.1, -0.05) is 97.1 Å². The first-order valence-corrected chi connectivity index (χ1v) is 10.0. The molecule has 4 aromatic carbocycles. The molecule has 4 heteroatoms. The third kappa shape index (κ3) is 5.67. The van der Waals surface area contributed by atoms with E-state index in [1.807, 2.05) is 115 Å². The molecule has 0 aliphatic rings. The molecule has 0 heterocycles. The predicted molar refractivity (Wildman–Crippen MR) is 126 cm³/mol. The molecule has 0 fully saturated rings. The van der Waals surface area contributed by atoms with E-state index in [0.29, 0.717) is 11.5 Å². The molecule has 0 aliphatic carbocycles. The lowest BCUT2D eigenvalue weighted by Crippen LogP contribution is -2.25. The monoisotopic (exact) mass is 406 g/mol. The molecular weight excluding hydrogens is 384 g/mol. The fourth-order valence-electron chi connectivity index (χ4n) is 3.11. The van der Waals surface area contributed by atoms with Gasteiger partial charge in [0.05, 0.1) is 5.71 Å². The minimum Gasteiger partial charge on any atom is -0.484 e. The third-order valence-corrected chi connectivity index (χ3v) is 4.69. The van der Waals surface area contributed by atoms with Crippen LogP contribution in [-0.4, -0.2) is 18.2 Å². The Kier molecular flexibility index (Phi) is 6.51. The van der Waals surface area contributed by atoms with Gasteiger partial charge in [0, 0.05) is 5.56 Å². The number of rotatable bonds is 7. The SMILES string of the molecule is O=C(COc1ccc2ccccc2c1)N/N=C(\C=C/c1ccccc1)c1ccccc1. The Labute approximate surface area is 181 Å². The van der Waals surface area contributed by atoms with E-state index in [4.69, 9.17) is 4.74 Å². The Hall–Kier alpha value is -4.18. The van der Waals surface area contributed by atoms with E-state index in [0.717, 1.165) is 21.9 Å². The van der Waals surface area contributed by atoms with Crippen LogP contribution in [0.4, 0.5) is 0 Å². The van der Waals surface area contributed by atoms with Crippen molar-refractivity contribution < 1.29 is 9.53 Å². The summed E-state index contributed by atoms with van der Waals surface area (Å²) >= 11 is 0. The van der Waals surface area contributed by atoms with Crippen LogP contribution >= 0.6 is 0 Å². The van der Waals surface area contributed by atoms with Crippen LogP contribution in [0.25, 0.3) is 16.8 Å². The summed E-state index contributed by atoms with van der Waals surface area (Å²) in [5.41, 5.74) is 5.21. The maximum absolute atomic E-state index is 12.3. The number of amides is 1. The van der Waals surface area contributed by atoms with Crippen molar-refractivity contribution in [1.82, 2.24) is 5.43 Å². The third-order valence-electron chi connectivity index (χ3n) is 4.69. The van der Waals surface area contributed by atoms with Gasteiger partial charge in [-0.3, -0.25) is 4.79 Å². The fourth-order valence-corrected chi connectivity index (χ4v) is 3.11. The van der Waals surface area contributed by atoms with Gasteiger partial charge in [-0.25, -0.2) is 5.43 Å². The Bertz CT molecular complexity index is 1220. The lowest BCUT2D eigenvalue weighted by Gasteiger charge is -2.07. The van der Waals surface area contributed by atoms with E-state index in [1.54, 1.807) is 0 Å². The lowest BCUT2D eigenvalue weighted by molar-refractivity contribution is -0.123. The average molecular weight is 406 g/mol. The van der Waals surface area contributed by atoms with Crippen molar-refractivity contribution in [1.29, 1.82) is 0 Å². The molecule has 0 saturated carbocycles. The van der Waals surface area contributed by atoms with Crippen LogP contribution < -0.4 is 10.2 Å². The molecule has 31 heavy (non-hydrogen) atoms. The second kappa shape index (κ2) is 10.0. The predicted octanol–water partition coefficient (Wildman–Crippen LogP) is 5.45. The zero-order chi connectivity index (χ0) is 21.3. The number of fused-ring (bicyclic) bond motifs is 1. The number of benzene rings is 4. The highest BCUT2D eigenvalue weighted by Gasteiger charge is 2.05. The van der Waals surface area contributed by atoms with E-state index in [1.165, 1.54) is 0 Å². The number of nitrogens with zero attached hydrogens (tertiary/aromatic N) is 1. The van der Waals surface area contributed by atoms with Gasteiger partial charge >= 0.3 is 0 Å². The second-order valence-corrected chi connectivity index (χ2v) is 6.94. The quantitative estimate of drug-likeness (QED) is 0.328. The fraction of sp³-hybridized carbons (Fsp3) is 0.0370. The molecule has 0 saturated heterocycles. The lowest BCUT2D eigenvalue weighted by atomic mass is 10.1. The van der Waals surface area contributed by atoms with Crippen LogP contribution in [0.3, 0.4) is 0 Å². The molecule has 0 aromatic heterocycles. The maximum Gasteiger partial charge on any atom is 0.277 e. The first kappa shape index (κ1) is 20.1. The molecule has 0 aliphatic heterocycles. The number of carbonyl (C=O) groups excluding carboxylic acids is 1. The number of ether oxygens (including phenoxy) is 1. The number of allylic oxidation sites excluding steroid dienone is 1. The molecular formula is C27H22N2O2. The summed E-state index contributed by atoms with van der Waals surface area (Å²) in [7, 11) is 0. The normalized spacial score (nSPS) is 11.5. The Morgan fingerprint density at radius 3 is 2.26 bits per heavy atom. The van der Waals surface area contributed by atoms with Gasteiger partial charge in [-0.15, -0.1) is 0 Å². The van der Waals surface area contributed by atoms with Crippen LogP contribution in [0.1, 0.15) is 11.1 Å². The molecule has 0 bridgehead atoms. The highest BCUT2D eigenvalue weighted by molar-refractivity contribution is 6.11. The zero-order valence-corrected chi connectivity index (χ0v) is 16.9. The van der Waals surface area contributed by atoms with E-state index < -0.39 is 0 Å². The summed E-state index contributed by atoms with van der Waals surface area (Å²) < 4.78 is 5.64. The minimum atomic E-state index is -0.324. The Morgan fingerprint density at radius 1 is 0.806 bits per heavy atom. The van der Waals surface area contributed by atoms with Crippen LogP contribution in [0.2, 0.25) is 0 Å². The highest BCUT2D eigenvalue weighted by atomic mass is 16.5. The van der Waals surface area contributed by atoms with Crippen LogP contribution in [-0.2, 0) is 4.79 Å². The van der Waals surface area contributed by atoms with E-state index in [2.05, 4.69) is 10.5 Å². The molecule has 0 unspecified atom stereocenters. The van der Waals surface area contributed by atoms with Gasteiger partial charge in [0.25, 0.3) is 5.91 Å². The van der Waals surface area contributed by atoms with Gasteiger partial charge in [-0.05, 0) is 34.5 Å². The van der Waals surface area contributed by atoms with Crippen molar-refractivity contribution in [3.63, 3.8) is 0 Å². The summed E-state index contributed by atoms with van der Waals surface area (Å²) in [6, 6.07) is 33.4. The van der Waals surface area contributed by atoms with Gasteiger partial charge < -0.3 is 4.74 Å². The van der Waals surface area contributed by atoms with Crippen molar-refractivity contribution >= 4 is 28.5 Å². The minimum absolute atomic E-state index is 0.119. The summed E-state index contributed by atoms with van der Waals surface area (Å²) in [6.45, 7) is -0.119. The van der Waals surface area contributed by atoms with E-state index in [9.17, 15) is 4.79 Å². The van der Waals surface area contributed by atoms with E-state index >= 15 is 0 Å². The summed E-state index contributed by atoms with van der Waals surface area (Å²) in [5, 5.41) is 6.51. The molecule has 4 nitrogen and oxygen atoms in total. The number of hydrogen-bond acceptors (Lipinski definition) is 3. The molecule has 0 atom stereocenters. The molecule has 0 radical (unpaired) electrons. The van der Waals surface area contributed by atoms with Crippen molar-refractivity contribution in [2.24, 2.45) is 5.10 Å². The Morgan fingerprint density at radius 2 is 1.48 bits per heavy atom. The number of hydrogen-bond donors (Lipinski definition) is 1. The molecule has 1 amide bonds. The largest absolute Gasteiger partial charge is 0.484 e. The second-order valence-electron chi connectivity index (χ2n) is 6.94. The van der Waals surface area contributed by atoms with Crippen molar-refractivity contribution in [2.75, 3.05) is 6.61 Å². The summed E-state index contributed by atoms with van der Waals surface area (Å²) in [5.74, 6) is 0.319. The van der Waals surface area contributed by atoms with Crippen molar-refractivity contribution in [2.45, 2.75) is 0 Å². The smallest absolute Gasteiger partial charge is 0.277 e. The van der Waals surface area contributed by atoms with Crippen molar-refractivity contribution in [3.05, 3.63) is 120 Å². The van der Waals surface area contributed by atoms with E-state index in [-0.39, 0.29) is 12.5 Å². The average Bonchev–Trinajstić information content (AvgIpc) is 2.84. The van der Waals surface area contributed by atoms with Crippen LogP contribution in [0, 0.1) is 0 Å². The van der Waals surface area contributed by atoms with Crippen LogP contribution in [0.15, 0.2) is 114 Å².